The number of amides is 2. The van der Waals surface area contributed by atoms with Gasteiger partial charge in [0.25, 0.3) is 12.4 Å². The topological polar surface area (TPSA) is 95.5 Å². The molecule has 3 rings (SSSR count). The third kappa shape index (κ3) is 6.32. The summed E-state index contributed by atoms with van der Waals surface area (Å²) in [5.41, 5.74) is 0. The summed E-state index contributed by atoms with van der Waals surface area (Å²) in [6.45, 7) is 1.76. The number of nitrogens with one attached hydrogen (secondary N) is 2. The van der Waals surface area contributed by atoms with Crippen LogP contribution in [0.5, 0.6) is 0 Å². The van der Waals surface area contributed by atoms with Gasteiger partial charge in [0.05, 0.1) is 4.88 Å². The Labute approximate surface area is 162 Å². The quantitative estimate of drug-likeness (QED) is 0.678. The van der Waals surface area contributed by atoms with Crippen LogP contribution in [0.1, 0.15) is 46.7 Å². The maximum Gasteiger partial charge on any atom is 0.290 e. The Bertz CT molecular complexity index is 606. The van der Waals surface area contributed by atoms with Crippen LogP contribution in [0.25, 0.3) is 0 Å². The monoisotopic (exact) mass is 398 g/mol. The number of hydrogen-bond donors (Lipinski definition) is 3. The Morgan fingerprint density at radius 2 is 1.81 bits per heavy atom. The molecule has 1 aliphatic heterocycles. The van der Waals surface area contributed by atoms with E-state index in [0.29, 0.717) is 6.04 Å². The van der Waals surface area contributed by atoms with E-state index < -0.39 is 0 Å². The second kappa shape index (κ2) is 10.6. The van der Waals surface area contributed by atoms with Crippen LogP contribution in [0, 0.1) is 12.8 Å². The Morgan fingerprint density at radius 3 is 2.35 bits per heavy atom. The van der Waals surface area contributed by atoms with Crippen molar-refractivity contribution in [1.82, 2.24) is 10.6 Å². The normalized spacial score (nSPS) is 24.9. The molecule has 2 amide bonds. The van der Waals surface area contributed by atoms with Crippen molar-refractivity contribution in [3.63, 3.8) is 0 Å². The molecule has 2 heterocycles. The molecule has 1 atom stereocenters. The molecule has 2 fully saturated rings. The molecule has 144 valence electrons. The van der Waals surface area contributed by atoms with Crippen LogP contribution in [0.2, 0.25) is 0 Å². The van der Waals surface area contributed by atoms with Gasteiger partial charge in [-0.25, -0.2) is 0 Å². The van der Waals surface area contributed by atoms with Crippen molar-refractivity contribution in [2.75, 3.05) is 11.5 Å². The third-order valence-electron chi connectivity index (χ3n) is 4.67. The molecule has 1 aromatic heterocycles. The van der Waals surface area contributed by atoms with Crippen LogP contribution < -0.4 is 10.6 Å². The second-order valence-electron chi connectivity index (χ2n) is 6.61. The summed E-state index contributed by atoms with van der Waals surface area (Å²) in [5.74, 6) is 2.58. The van der Waals surface area contributed by atoms with E-state index in [1.165, 1.54) is 11.3 Å². The SMILES string of the molecule is Cc1ccc(C(=O)NC2CCC(C(=O)NC3CCSC3)CC2)s1.O=CO. The minimum absolute atomic E-state index is 0.0268. The lowest BCUT2D eigenvalue weighted by atomic mass is 9.85. The Morgan fingerprint density at radius 1 is 1.12 bits per heavy atom. The lowest BCUT2D eigenvalue weighted by molar-refractivity contribution is -0.126. The molecule has 8 heteroatoms. The first-order valence-electron chi connectivity index (χ1n) is 8.86. The van der Waals surface area contributed by atoms with Crippen molar-refractivity contribution < 1.29 is 19.5 Å². The highest BCUT2D eigenvalue weighted by Gasteiger charge is 2.29. The number of rotatable bonds is 4. The van der Waals surface area contributed by atoms with Crippen molar-refractivity contribution in [2.24, 2.45) is 5.92 Å². The van der Waals surface area contributed by atoms with E-state index in [0.717, 1.165) is 53.4 Å². The standard InChI is InChI=1S/C17H24N2O2S2.CH2O2/c1-11-2-7-15(23-11)17(21)18-13-5-3-12(4-6-13)16(20)19-14-8-9-22-10-14;2-1-3/h2,7,12-14H,3-6,8-10H2,1H3,(H,18,21)(H,19,20);1H,(H,2,3). The van der Waals surface area contributed by atoms with Gasteiger partial charge in [0.15, 0.2) is 0 Å². The highest BCUT2D eigenvalue weighted by atomic mass is 32.2. The van der Waals surface area contributed by atoms with E-state index in [-0.39, 0.29) is 30.2 Å². The minimum Gasteiger partial charge on any atom is -0.483 e. The van der Waals surface area contributed by atoms with Gasteiger partial charge in [0.2, 0.25) is 5.91 Å². The molecule has 0 spiro atoms. The van der Waals surface area contributed by atoms with E-state index in [1.54, 1.807) is 0 Å². The zero-order chi connectivity index (χ0) is 18.9. The first kappa shape index (κ1) is 20.8. The number of aryl methyl sites for hydroxylation is 1. The highest BCUT2D eigenvalue weighted by Crippen LogP contribution is 2.26. The molecule has 0 radical (unpaired) electrons. The second-order valence-corrected chi connectivity index (χ2v) is 9.04. The maximum absolute atomic E-state index is 12.3. The van der Waals surface area contributed by atoms with Gasteiger partial charge in [-0.3, -0.25) is 14.4 Å². The van der Waals surface area contributed by atoms with Crippen LogP contribution in [-0.4, -0.2) is 47.0 Å². The Kier molecular flexibility index (Phi) is 8.44. The van der Waals surface area contributed by atoms with Crippen LogP contribution in [-0.2, 0) is 9.59 Å². The van der Waals surface area contributed by atoms with Gasteiger partial charge in [-0.2, -0.15) is 11.8 Å². The third-order valence-corrected chi connectivity index (χ3v) is 6.84. The van der Waals surface area contributed by atoms with E-state index >= 15 is 0 Å². The highest BCUT2D eigenvalue weighted by molar-refractivity contribution is 7.99. The van der Waals surface area contributed by atoms with E-state index in [9.17, 15) is 9.59 Å². The van der Waals surface area contributed by atoms with Crippen molar-refractivity contribution in [2.45, 2.75) is 51.1 Å². The zero-order valence-corrected chi connectivity index (χ0v) is 16.5. The molecule has 0 aromatic carbocycles. The fraction of sp³-hybridized carbons (Fsp3) is 0.611. The smallest absolute Gasteiger partial charge is 0.290 e. The average molecular weight is 399 g/mol. The number of thioether (sulfide) groups is 1. The maximum atomic E-state index is 12.3. The first-order valence-corrected chi connectivity index (χ1v) is 10.8. The Balaban J connectivity index is 0.000000758. The number of carboxylic acid groups (broad SMARTS) is 1. The predicted octanol–water partition coefficient (Wildman–Crippen LogP) is 2.67. The molecule has 0 bridgehead atoms. The fourth-order valence-electron chi connectivity index (χ4n) is 3.28. The van der Waals surface area contributed by atoms with Crippen LogP contribution >= 0.6 is 23.1 Å². The van der Waals surface area contributed by atoms with Gasteiger partial charge < -0.3 is 15.7 Å². The van der Waals surface area contributed by atoms with Crippen LogP contribution in [0.3, 0.4) is 0 Å². The lowest BCUT2D eigenvalue weighted by Gasteiger charge is -2.29. The van der Waals surface area contributed by atoms with Gasteiger partial charge in [-0.05, 0) is 56.9 Å². The molecule has 6 nitrogen and oxygen atoms in total. The number of hydrogen-bond acceptors (Lipinski definition) is 5. The summed E-state index contributed by atoms with van der Waals surface area (Å²) in [6.07, 6.45) is 4.64. The summed E-state index contributed by atoms with van der Waals surface area (Å²) in [6, 6.07) is 4.43. The molecule has 2 aliphatic rings. The van der Waals surface area contributed by atoms with Crippen molar-refractivity contribution >= 4 is 41.4 Å². The fourth-order valence-corrected chi connectivity index (χ4v) is 5.20. The van der Waals surface area contributed by atoms with Crippen LogP contribution in [0.15, 0.2) is 12.1 Å². The van der Waals surface area contributed by atoms with Crippen molar-refractivity contribution in [1.29, 1.82) is 0 Å². The molecule has 1 saturated carbocycles. The largest absolute Gasteiger partial charge is 0.483 e. The molecule has 1 aliphatic carbocycles. The van der Waals surface area contributed by atoms with E-state index in [2.05, 4.69) is 10.6 Å². The zero-order valence-electron chi connectivity index (χ0n) is 14.9. The summed E-state index contributed by atoms with van der Waals surface area (Å²) < 4.78 is 0. The van der Waals surface area contributed by atoms with Gasteiger partial charge in [0, 0.05) is 28.6 Å². The summed E-state index contributed by atoms with van der Waals surface area (Å²) in [4.78, 5) is 34.8. The van der Waals surface area contributed by atoms with Gasteiger partial charge in [-0.1, -0.05) is 0 Å². The molecule has 3 N–H and O–H groups in total. The number of carbonyl (C=O) groups excluding carboxylic acids is 2. The number of thiophene rings is 1. The van der Waals surface area contributed by atoms with Crippen molar-refractivity contribution in [3.05, 3.63) is 21.9 Å². The summed E-state index contributed by atoms with van der Waals surface area (Å²) in [5, 5.41) is 13.2. The van der Waals surface area contributed by atoms with Crippen LogP contribution in [0.4, 0.5) is 0 Å². The van der Waals surface area contributed by atoms with Crippen molar-refractivity contribution in [3.8, 4) is 0 Å². The lowest BCUT2D eigenvalue weighted by Crippen LogP contribution is -2.43. The predicted molar refractivity (Wildman–Crippen MR) is 105 cm³/mol. The minimum atomic E-state index is -0.250. The molecule has 1 saturated heterocycles. The van der Waals surface area contributed by atoms with Gasteiger partial charge in [-0.15, -0.1) is 11.3 Å². The van der Waals surface area contributed by atoms with Gasteiger partial charge >= 0.3 is 0 Å². The summed E-state index contributed by atoms with van der Waals surface area (Å²) >= 11 is 3.45. The molecule has 26 heavy (non-hydrogen) atoms. The van der Waals surface area contributed by atoms with E-state index in [4.69, 9.17) is 9.90 Å². The molecular weight excluding hydrogens is 372 g/mol. The molecule has 1 unspecified atom stereocenters. The van der Waals surface area contributed by atoms with Gasteiger partial charge in [0.1, 0.15) is 0 Å². The Hall–Kier alpha value is -1.54. The first-order chi connectivity index (χ1) is 12.5. The number of carbonyl (C=O) groups is 3. The summed E-state index contributed by atoms with van der Waals surface area (Å²) in [7, 11) is 0. The average Bonchev–Trinajstić information content (AvgIpc) is 3.28. The molecular formula is C18H26N2O4S2. The molecule has 1 aromatic rings. The van der Waals surface area contributed by atoms with E-state index in [1.807, 2.05) is 30.8 Å².